The minimum Gasteiger partial charge on any atom is -0.330 e. The molecular weight excluding hydrogens is 220 g/mol. The van der Waals surface area contributed by atoms with E-state index in [0.29, 0.717) is 21.3 Å². The number of hydrogen-bond acceptors (Lipinski definition) is 5. The average Bonchev–Trinajstić information content (AvgIpc) is 2.77. The highest BCUT2D eigenvalue weighted by atomic mass is 32.1. The molecule has 2 aromatic rings. The van der Waals surface area contributed by atoms with Gasteiger partial charge in [0.1, 0.15) is 17.0 Å². The molecule has 4 nitrogen and oxygen atoms in total. The monoisotopic (exact) mass is 226 g/mol. The first kappa shape index (κ1) is 10.2. The maximum atomic E-state index is 8.89. The summed E-state index contributed by atoms with van der Waals surface area (Å²) in [4.78, 5) is 4.57. The van der Waals surface area contributed by atoms with E-state index in [1.165, 1.54) is 17.5 Å². The lowest BCUT2D eigenvalue weighted by Crippen LogP contribution is -1.91. The van der Waals surface area contributed by atoms with Gasteiger partial charge >= 0.3 is 0 Å². The van der Waals surface area contributed by atoms with Crippen LogP contribution in [0.25, 0.3) is 0 Å². The summed E-state index contributed by atoms with van der Waals surface area (Å²) in [6, 6.07) is 11.3. The van der Waals surface area contributed by atoms with Crippen molar-refractivity contribution < 1.29 is 0 Å². The number of anilines is 2. The standard InChI is InChI=1S/C11H6N4S/c12-5-8-3-1-2-4-10(8)15-11-14-7-9(6-13)16-11/h1-4,7H,(H,14,15). The summed E-state index contributed by atoms with van der Waals surface area (Å²) in [5.41, 5.74) is 1.25. The van der Waals surface area contributed by atoms with E-state index in [2.05, 4.69) is 16.4 Å². The topological polar surface area (TPSA) is 72.5 Å². The van der Waals surface area contributed by atoms with Gasteiger partial charge in [-0.15, -0.1) is 0 Å². The summed E-state index contributed by atoms with van der Waals surface area (Å²) in [5, 5.41) is 21.2. The summed E-state index contributed by atoms with van der Waals surface area (Å²) in [6.45, 7) is 0. The summed E-state index contributed by atoms with van der Waals surface area (Å²) >= 11 is 1.25. The first-order valence-corrected chi connectivity index (χ1v) is 5.27. The molecule has 0 fully saturated rings. The van der Waals surface area contributed by atoms with Gasteiger partial charge in [0.15, 0.2) is 5.13 Å². The third-order valence-corrected chi connectivity index (χ3v) is 2.72. The van der Waals surface area contributed by atoms with E-state index >= 15 is 0 Å². The van der Waals surface area contributed by atoms with Gasteiger partial charge in [-0.25, -0.2) is 4.98 Å². The smallest absolute Gasteiger partial charge is 0.188 e. The zero-order chi connectivity index (χ0) is 11.4. The van der Waals surface area contributed by atoms with E-state index in [4.69, 9.17) is 10.5 Å². The van der Waals surface area contributed by atoms with Crippen LogP contribution in [0.1, 0.15) is 10.4 Å². The van der Waals surface area contributed by atoms with Crippen molar-refractivity contribution in [2.45, 2.75) is 0 Å². The minimum atomic E-state index is 0.539. The molecule has 0 saturated heterocycles. The number of rotatable bonds is 2. The van der Waals surface area contributed by atoms with Crippen molar-refractivity contribution in [2.75, 3.05) is 5.32 Å². The van der Waals surface area contributed by atoms with Crippen molar-refractivity contribution in [3.05, 3.63) is 40.9 Å². The fourth-order valence-corrected chi connectivity index (χ4v) is 1.81. The van der Waals surface area contributed by atoms with E-state index in [-0.39, 0.29) is 0 Å². The Labute approximate surface area is 96.4 Å². The van der Waals surface area contributed by atoms with Crippen LogP contribution in [0.2, 0.25) is 0 Å². The third-order valence-electron chi connectivity index (χ3n) is 1.91. The van der Waals surface area contributed by atoms with Crippen LogP contribution in [-0.2, 0) is 0 Å². The van der Waals surface area contributed by atoms with Crippen LogP contribution in [0.4, 0.5) is 10.8 Å². The van der Waals surface area contributed by atoms with E-state index < -0.39 is 0 Å². The number of aromatic nitrogens is 1. The second-order valence-electron chi connectivity index (χ2n) is 2.92. The van der Waals surface area contributed by atoms with Crippen molar-refractivity contribution in [3.8, 4) is 12.1 Å². The predicted molar refractivity (Wildman–Crippen MR) is 61.3 cm³/mol. The summed E-state index contributed by atoms with van der Waals surface area (Å²) in [5.74, 6) is 0. The molecule has 0 aliphatic heterocycles. The zero-order valence-corrected chi connectivity index (χ0v) is 8.95. The zero-order valence-electron chi connectivity index (χ0n) is 8.14. The van der Waals surface area contributed by atoms with Gasteiger partial charge in [-0.1, -0.05) is 23.5 Å². The molecule has 5 heteroatoms. The summed E-state index contributed by atoms with van der Waals surface area (Å²) < 4.78 is 0. The van der Waals surface area contributed by atoms with Crippen LogP contribution < -0.4 is 5.32 Å². The van der Waals surface area contributed by atoms with Crippen LogP contribution in [-0.4, -0.2) is 4.98 Å². The van der Waals surface area contributed by atoms with Gasteiger partial charge in [0.05, 0.1) is 17.4 Å². The van der Waals surface area contributed by atoms with E-state index in [1.807, 2.05) is 12.1 Å². The summed E-state index contributed by atoms with van der Waals surface area (Å²) in [6.07, 6.45) is 1.50. The Morgan fingerprint density at radius 3 is 2.69 bits per heavy atom. The molecule has 0 aliphatic carbocycles. The molecule has 0 bridgehead atoms. The van der Waals surface area contributed by atoms with Crippen LogP contribution in [0.15, 0.2) is 30.5 Å². The van der Waals surface area contributed by atoms with Crippen LogP contribution >= 0.6 is 11.3 Å². The van der Waals surface area contributed by atoms with Gasteiger partial charge in [-0.05, 0) is 12.1 Å². The predicted octanol–water partition coefficient (Wildman–Crippen LogP) is 2.63. The highest BCUT2D eigenvalue weighted by Gasteiger charge is 2.04. The van der Waals surface area contributed by atoms with Crippen molar-refractivity contribution >= 4 is 22.2 Å². The van der Waals surface area contributed by atoms with Gasteiger partial charge in [0.25, 0.3) is 0 Å². The van der Waals surface area contributed by atoms with E-state index in [9.17, 15) is 0 Å². The molecule has 0 atom stereocenters. The molecule has 1 heterocycles. The Hall–Kier alpha value is -2.37. The Kier molecular flexibility index (Phi) is 2.81. The first-order chi connectivity index (χ1) is 7.83. The molecule has 2 rings (SSSR count). The SMILES string of the molecule is N#Cc1cnc(Nc2ccccc2C#N)s1. The molecule has 0 unspecified atom stereocenters. The van der Waals surface area contributed by atoms with Crippen LogP contribution in [0, 0.1) is 22.7 Å². The number of nitrogens with one attached hydrogen (secondary N) is 1. The Morgan fingerprint density at radius 2 is 2.00 bits per heavy atom. The highest BCUT2D eigenvalue weighted by molar-refractivity contribution is 7.16. The Morgan fingerprint density at radius 1 is 1.19 bits per heavy atom. The Bertz CT molecular complexity index is 589. The van der Waals surface area contributed by atoms with Crippen molar-refractivity contribution in [1.82, 2.24) is 4.98 Å². The fourth-order valence-electron chi connectivity index (χ4n) is 1.19. The Balaban J connectivity index is 2.28. The normalized spacial score (nSPS) is 9.12. The number of nitrogens with zero attached hydrogens (tertiary/aromatic N) is 3. The highest BCUT2D eigenvalue weighted by Crippen LogP contribution is 2.23. The van der Waals surface area contributed by atoms with Gasteiger partial charge in [-0.3, -0.25) is 0 Å². The summed E-state index contributed by atoms with van der Waals surface area (Å²) in [7, 11) is 0. The molecule has 0 radical (unpaired) electrons. The fraction of sp³-hybridized carbons (Fsp3) is 0. The molecule has 76 valence electrons. The quantitative estimate of drug-likeness (QED) is 0.854. The number of thiazole rings is 1. The minimum absolute atomic E-state index is 0.539. The van der Waals surface area contributed by atoms with Gasteiger partial charge in [0, 0.05) is 0 Å². The van der Waals surface area contributed by atoms with Gasteiger partial charge in [0.2, 0.25) is 0 Å². The van der Waals surface area contributed by atoms with Crippen molar-refractivity contribution in [3.63, 3.8) is 0 Å². The maximum Gasteiger partial charge on any atom is 0.188 e. The lowest BCUT2D eigenvalue weighted by atomic mass is 10.2. The second kappa shape index (κ2) is 4.43. The largest absolute Gasteiger partial charge is 0.330 e. The average molecular weight is 226 g/mol. The number of para-hydroxylation sites is 1. The van der Waals surface area contributed by atoms with E-state index in [0.717, 1.165) is 0 Å². The molecule has 1 N–H and O–H groups in total. The first-order valence-electron chi connectivity index (χ1n) is 4.45. The third kappa shape index (κ3) is 2.00. The lowest BCUT2D eigenvalue weighted by molar-refractivity contribution is 1.37. The van der Waals surface area contributed by atoms with Crippen LogP contribution in [0.5, 0.6) is 0 Å². The van der Waals surface area contributed by atoms with Crippen molar-refractivity contribution in [2.24, 2.45) is 0 Å². The lowest BCUT2D eigenvalue weighted by Gasteiger charge is -2.03. The molecule has 0 spiro atoms. The van der Waals surface area contributed by atoms with Gasteiger partial charge < -0.3 is 5.32 Å². The molecule has 0 saturated carbocycles. The van der Waals surface area contributed by atoms with Crippen molar-refractivity contribution in [1.29, 1.82) is 10.5 Å². The molecule has 0 aliphatic rings. The maximum absolute atomic E-state index is 8.89. The van der Waals surface area contributed by atoms with E-state index in [1.54, 1.807) is 18.2 Å². The number of nitriles is 2. The molecule has 1 aromatic heterocycles. The molecule has 0 amide bonds. The van der Waals surface area contributed by atoms with Gasteiger partial charge in [-0.2, -0.15) is 10.5 Å². The molecular formula is C11H6N4S. The second-order valence-corrected chi connectivity index (χ2v) is 3.95. The number of hydrogen-bond donors (Lipinski definition) is 1. The molecule has 16 heavy (non-hydrogen) atoms. The number of benzene rings is 1. The molecule has 1 aromatic carbocycles. The van der Waals surface area contributed by atoms with Crippen LogP contribution in [0.3, 0.4) is 0 Å².